The fourth-order valence-corrected chi connectivity index (χ4v) is 3.95. The smallest absolute Gasteiger partial charge is 0.397 e. The van der Waals surface area contributed by atoms with Crippen molar-refractivity contribution in [2.75, 3.05) is 50.2 Å². The van der Waals surface area contributed by atoms with Crippen molar-refractivity contribution in [2.24, 2.45) is 0 Å². The first kappa shape index (κ1) is 25.2. The van der Waals surface area contributed by atoms with Gasteiger partial charge < -0.3 is 25.8 Å². The van der Waals surface area contributed by atoms with Crippen molar-refractivity contribution in [3.05, 3.63) is 59.7 Å². The molecule has 4 rings (SSSR count). The van der Waals surface area contributed by atoms with E-state index in [1.165, 1.54) is 18.3 Å². The lowest BCUT2D eigenvalue weighted by molar-refractivity contribution is -0.137. The van der Waals surface area contributed by atoms with Crippen LogP contribution >= 0.6 is 0 Å². The van der Waals surface area contributed by atoms with Crippen LogP contribution in [0.4, 0.5) is 40.6 Å². The number of fused-ring (bicyclic) bond motifs is 1. The molecule has 0 aliphatic rings. The Kier molecular flexibility index (Phi) is 6.77. The van der Waals surface area contributed by atoms with E-state index in [0.717, 1.165) is 12.1 Å². The molecule has 36 heavy (non-hydrogen) atoms. The lowest BCUT2D eigenvalue weighted by Gasteiger charge is -2.23. The number of rotatable bonds is 7. The van der Waals surface area contributed by atoms with Crippen molar-refractivity contribution in [1.29, 1.82) is 0 Å². The van der Waals surface area contributed by atoms with Gasteiger partial charge in [-0.05, 0) is 32.6 Å². The summed E-state index contributed by atoms with van der Waals surface area (Å²) in [6.45, 7) is 3.22. The number of nitrogen functional groups attached to an aromatic ring is 1. The summed E-state index contributed by atoms with van der Waals surface area (Å²) in [7, 11) is 5.66. The van der Waals surface area contributed by atoms with E-state index < -0.39 is 17.6 Å². The zero-order valence-electron chi connectivity index (χ0n) is 20.3. The molecule has 2 heterocycles. The standard InChI is InChI=1S/C25H27F4N7/c1-14-6-5-7-15-16(12-31-22(14)15)23-17(25(27,28)29)13-32-24(34-23)33-20-11-19(30)21(10-18(20)26)36(4)9-8-35(2)3/h5-7,10-13,31H,8-9,30H2,1-4H3,(H,32,33,34). The Bertz CT molecular complexity index is 1400. The third-order valence-electron chi connectivity index (χ3n) is 5.93. The topological polar surface area (TPSA) is 86.1 Å². The Balaban J connectivity index is 1.72. The van der Waals surface area contributed by atoms with Gasteiger partial charge in [-0.2, -0.15) is 13.2 Å². The van der Waals surface area contributed by atoms with Crippen molar-refractivity contribution >= 4 is 33.9 Å². The van der Waals surface area contributed by atoms with Gasteiger partial charge in [0.1, 0.15) is 11.4 Å². The monoisotopic (exact) mass is 501 g/mol. The minimum absolute atomic E-state index is 0.0438. The number of nitrogens with one attached hydrogen (secondary N) is 2. The van der Waals surface area contributed by atoms with E-state index in [1.807, 2.05) is 36.9 Å². The first-order chi connectivity index (χ1) is 17.0. The largest absolute Gasteiger partial charge is 0.419 e. The number of nitrogens with two attached hydrogens (primary N) is 1. The van der Waals surface area contributed by atoms with Crippen molar-refractivity contribution in [1.82, 2.24) is 19.9 Å². The number of anilines is 4. The normalized spacial score (nSPS) is 11.9. The molecule has 190 valence electrons. The molecule has 11 heteroatoms. The van der Waals surface area contributed by atoms with Crippen LogP contribution in [0.1, 0.15) is 11.1 Å². The minimum atomic E-state index is -4.68. The Morgan fingerprint density at radius 3 is 2.56 bits per heavy atom. The number of aryl methyl sites for hydroxylation is 1. The third kappa shape index (κ3) is 5.06. The molecular weight excluding hydrogens is 474 g/mol. The molecule has 7 nitrogen and oxygen atoms in total. The van der Waals surface area contributed by atoms with E-state index in [0.29, 0.717) is 35.0 Å². The molecule has 0 saturated carbocycles. The zero-order chi connectivity index (χ0) is 26.2. The number of aromatic nitrogens is 3. The Morgan fingerprint density at radius 2 is 1.86 bits per heavy atom. The predicted octanol–water partition coefficient (Wildman–Crippen LogP) is 5.41. The molecule has 0 aliphatic heterocycles. The van der Waals surface area contributed by atoms with Gasteiger partial charge in [0.2, 0.25) is 5.95 Å². The van der Waals surface area contributed by atoms with Gasteiger partial charge in [-0.3, -0.25) is 0 Å². The predicted molar refractivity (Wildman–Crippen MR) is 135 cm³/mol. The van der Waals surface area contributed by atoms with Gasteiger partial charge in [0.05, 0.1) is 22.8 Å². The van der Waals surface area contributed by atoms with Crippen LogP contribution in [0.5, 0.6) is 0 Å². The van der Waals surface area contributed by atoms with Gasteiger partial charge in [-0.25, -0.2) is 14.4 Å². The average Bonchev–Trinajstić information content (AvgIpc) is 3.24. The molecule has 2 aromatic heterocycles. The molecule has 4 N–H and O–H groups in total. The highest BCUT2D eigenvalue weighted by Gasteiger charge is 2.36. The van der Waals surface area contributed by atoms with Crippen molar-refractivity contribution in [3.63, 3.8) is 0 Å². The fourth-order valence-electron chi connectivity index (χ4n) is 3.95. The molecule has 0 radical (unpaired) electrons. The van der Waals surface area contributed by atoms with Gasteiger partial charge in [0, 0.05) is 55.1 Å². The Hall–Kier alpha value is -3.86. The number of para-hydroxylation sites is 1. The van der Waals surface area contributed by atoms with Gasteiger partial charge in [-0.15, -0.1) is 0 Å². The molecule has 4 aromatic rings. The molecule has 0 unspecified atom stereocenters. The van der Waals surface area contributed by atoms with Crippen LogP contribution < -0.4 is 16.0 Å². The minimum Gasteiger partial charge on any atom is -0.397 e. The summed E-state index contributed by atoms with van der Waals surface area (Å²) in [5, 5.41) is 3.28. The number of nitrogens with zero attached hydrogens (tertiary/aromatic N) is 4. The number of likely N-dealkylation sites (N-methyl/N-ethyl adjacent to an activating group) is 2. The number of alkyl halides is 3. The number of hydrogen-bond donors (Lipinski definition) is 3. The number of hydrogen-bond acceptors (Lipinski definition) is 6. The van der Waals surface area contributed by atoms with Crippen molar-refractivity contribution in [3.8, 4) is 11.3 Å². The summed E-state index contributed by atoms with van der Waals surface area (Å²) in [6.07, 6.45) is -2.50. The molecular formula is C25H27F4N7. The van der Waals surface area contributed by atoms with E-state index in [9.17, 15) is 17.6 Å². The maximum Gasteiger partial charge on any atom is 0.419 e. The first-order valence-corrected chi connectivity index (χ1v) is 11.2. The lowest BCUT2D eigenvalue weighted by atomic mass is 10.0. The van der Waals surface area contributed by atoms with Gasteiger partial charge >= 0.3 is 6.18 Å². The van der Waals surface area contributed by atoms with Crippen LogP contribution in [0.15, 0.2) is 42.7 Å². The summed E-state index contributed by atoms with van der Waals surface area (Å²) in [5.41, 5.74) is 7.48. The molecule has 0 atom stereocenters. The maximum atomic E-state index is 15.0. The highest BCUT2D eigenvalue weighted by atomic mass is 19.4. The quantitative estimate of drug-likeness (QED) is 0.232. The SMILES string of the molecule is Cc1cccc2c(-c3nc(Nc4cc(N)c(N(C)CCN(C)C)cc4F)ncc3C(F)(F)F)c[nH]c12. The summed E-state index contributed by atoms with van der Waals surface area (Å²) in [5.74, 6) is -0.823. The van der Waals surface area contributed by atoms with E-state index in [2.05, 4.69) is 20.3 Å². The zero-order valence-corrected chi connectivity index (χ0v) is 20.3. The highest BCUT2D eigenvalue weighted by Crippen LogP contribution is 2.39. The van der Waals surface area contributed by atoms with Crippen LogP contribution in [0.3, 0.4) is 0 Å². The summed E-state index contributed by atoms with van der Waals surface area (Å²) < 4.78 is 56.5. The van der Waals surface area contributed by atoms with Gasteiger partial charge in [0.15, 0.2) is 0 Å². The molecule has 0 aliphatic carbocycles. The van der Waals surface area contributed by atoms with Crippen molar-refractivity contribution in [2.45, 2.75) is 13.1 Å². The van der Waals surface area contributed by atoms with Crippen molar-refractivity contribution < 1.29 is 17.6 Å². The van der Waals surface area contributed by atoms with E-state index >= 15 is 0 Å². The first-order valence-electron chi connectivity index (χ1n) is 11.2. The summed E-state index contributed by atoms with van der Waals surface area (Å²) in [4.78, 5) is 14.8. The summed E-state index contributed by atoms with van der Waals surface area (Å²) in [6, 6.07) is 8.00. The van der Waals surface area contributed by atoms with Crippen LogP contribution in [0.25, 0.3) is 22.2 Å². The highest BCUT2D eigenvalue weighted by molar-refractivity contribution is 5.97. The van der Waals surface area contributed by atoms with Gasteiger partial charge in [-0.1, -0.05) is 18.2 Å². The van der Waals surface area contributed by atoms with E-state index in [-0.39, 0.29) is 22.9 Å². The van der Waals surface area contributed by atoms with Crippen LogP contribution in [0.2, 0.25) is 0 Å². The Morgan fingerprint density at radius 1 is 1.11 bits per heavy atom. The number of benzene rings is 2. The third-order valence-corrected chi connectivity index (χ3v) is 5.93. The molecule has 0 saturated heterocycles. The van der Waals surface area contributed by atoms with Gasteiger partial charge in [0.25, 0.3) is 0 Å². The number of aromatic amines is 1. The van der Waals surface area contributed by atoms with E-state index in [1.54, 1.807) is 19.2 Å². The number of H-pyrrole nitrogens is 1. The average molecular weight is 502 g/mol. The second-order valence-electron chi connectivity index (χ2n) is 8.89. The second-order valence-corrected chi connectivity index (χ2v) is 8.89. The van der Waals surface area contributed by atoms with Crippen LogP contribution in [-0.4, -0.2) is 54.1 Å². The molecule has 0 bridgehead atoms. The Labute approximate surface area is 206 Å². The second kappa shape index (κ2) is 9.65. The van der Waals surface area contributed by atoms with Crippen LogP contribution in [-0.2, 0) is 6.18 Å². The molecule has 0 amide bonds. The number of halogens is 4. The molecule has 0 fully saturated rings. The van der Waals surface area contributed by atoms with Crippen LogP contribution in [0, 0.1) is 12.7 Å². The fraction of sp³-hybridized carbons (Fsp3) is 0.280. The summed E-state index contributed by atoms with van der Waals surface area (Å²) >= 11 is 0. The molecule has 2 aromatic carbocycles. The lowest BCUT2D eigenvalue weighted by Crippen LogP contribution is -2.29. The molecule has 0 spiro atoms. The maximum absolute atomic E-state index is 15.0. The van der Waals surface area contributed by atoms with E-state index in [4.69, 9.17) is 5.73 Å².